The van der Waals surface area contributed by atoms with Gasteiger partial charge in [-0.1, -0.05) is 44.3 Å². The average Bonchev–Trinajstić information content (AvgIpc) is 2.31. The number of nitrogens with one attached hydrogen (secondary N) is 1. The monoisotopic (exact) mass is 307 g/mol. The third-order valence-corrected chi connectivity index (χ3v) is 1.63. The molecule has 0 aliphatic rings. The number of nitrogens with zero attached hydrogens (tertiary/aromatic N) is 1. The summed E-state index contributed by atoms with van der Waals surface area (Å²) in [5.41, 5.74) is 2.03. The van der Waals surface area contributed by atoms with E-state index in [0.29, 0.717) is 11.4 Å². The van der Waals surface area contributed by atoms with Crippen molar-refractivity contribution in [1.82, 2.24) is 0 Å². The van der Waals surface area contributed by atoms with Crippen molar-refractivity contribution in [2.75, 3.05) is 5.32 Å². The van der Waals surface area contributed by atoms with Gasteiger partial charge in [-0.25, -0.2) is 0 Å². The fraction of sp³-hybridized carbons (Fsp3) is 0.154. The number of carbonyl (C=O) groups excluding carboxylic acids is 1. The quantitative estimate of drug-likeness (QED) is 0.515. The van der Waals surface area contributed by atoms with Crippen LogP contribution in [0.5, 0.6) is 0 Å². The molecule has 0 saturated carbocycles. The molecule has 1 aromatic carbocycles. The summed E-state index contributed by atoms with van der Waals surface area (Å²) in [7, 11) is 0. The fourth-order valence-corrected chi connectivity index (χ4v) is 1.06. The van der Waals surface area contributed by atoms with E-state index >= 15 is 0 Å². The molecule has 0 saturated heterocycles. The molecule has 0 unspecified atom stereocenters. The van der Waals surface area contributed by atoms with Crippen LogP contribution in [0.3, 0.4) is 0 Å². The zero-order valence-corrected chi connectivity index (χ0v) is 13.5. The summed E-state index contributed by atoms with van der Waals surface area (Å²) in [5, 5.41) is 2.41. The Hall–Kier alpha value is -0.796. The molecule has 1 rings (SSSR count). The largest absolute Gasteiger partial charge is 0.488 e. The van der Waals surface area contributed by atoms with Gasteiger partial charge in [0.2, 0.25) is 0 Å². The molecule has 0 aliphatic heterocycles. The molecule has 0 heterocycles. The van der Waals surface area contributed by atoms with E-state index in [4.69, 9.17) is 0 Å². The van der Waals surface area contributed by atoms with Crippen LogP contribution in [-0.4, -0.2) is 13.1 Å². The number of benzene rings is 1. The summed E-state index contributed by atoms with van der Waals surface area (Å²) < 4.78 is 0. The van der Waals surface area contributed by atoms with Crippen LogP contribution >= 0.6 is 0 Å². The molecule has 0 aromatic heterocycles. The molecule has 1 amide bonds. The first kappa shape index (κ1) is 21.5. The Morgan fingerprint density at radius 2 is 2.00 bits per heavy atom. The van der Waals surface area contributed by atoms with E-state index in [9.17, 15) is 4.79 Å². The van der Waals surface area contributed by atoms with Gasteiger partial charge >= 0.3 is 0 Å². The molecule has 1 radical (unpaired) electrons. The minimum atomic E-state index is 0. The summed E-state index contributed by atoms with van der Waals surface area (Å²) in [5.74, 6) is 0. The van der Waals surface area contributed by atoms with Gasteiger partial charge in [0.1, 0.15) is 0 Å². The SMILES string of the molecule is C=Cc1cccc(N[C-]=O)c1N=C.CC.[CH3-].[Y]. The van der Waals surface area contributed by atoms with E-state index in [0.717, 1.165) is 5.56 Å². The summed E-state index contributed by atoms with van der Waals surface area (Å²) in [6.45, 7) is 11.0. The summed E-state index contributed by atoms with van der Waals surface area (Å²) in [6.07, 6.45) is 3.24. The molecule has 0 bridgehead atoms. The summed E-state index contributed by atoms with van der Waals surface area (Å²) >= 11 is 0. The molecule has 1 N–H and O–H groups in total. The minimum absolute atomic E-state index is 0. The van der Waals surface area contributed by atoms with Crippen LogP contribution in [0.4, 0.5) is 11.4 Å². The Bertz CT molecular complexity index is 351. The van der Waals surface area contributed by atoms with Crippen molar-refractivity contribution in [3.63, 3.8) is 0 Å². The van der Waals surface area contributed by atoms with Crippen molar-refractivity contribution in [3.05, 3.63) is 37.8 Å². The molecule has 0 fully saturated rings. The second-order valence-corrected chi connectivity index (χ2v) is 2.33. The van der Waals surface area contributed by atoms with Crippen LogP contribution in [0, 0.1) is 7.43 Å². The van der Waals surface area contributed by atoms with E-state index in [2.05, 4.69) is 23.6 Å². The minimum Gasteiger partial charge on any atom is -0.488 e. The van der Waals surface area contributed by atoms with Crippen LogP contribution < -0.4 is 5.32 Å². The maximum absolute atomic E-state index is 10.1. The first-order valence-electron chi connectivity index (χ1n) is 4.68. The molecule has 4 heteroatoms. The predicted octanol–water partition coefficient (Wildman–Crippen LogP) is 3.61. The summed E-state index contributed by atoms with van der Waals surface area (Å²) in [6, 6.07) is 5.36. The van der Waals surface area contributed by atoms with Crippen LogP contribution in [0.2, 0.25) is 0 Å². The maximum Gasteiger partial charge on any atom is 0.0693 e. The Morgan fingerprint density at radius 3 is 2.41 bits per heavy atom. The Balaban J connectivity index is -0.000000464. The number of rotatable bonds is 4. The molecule has 1 aromatic rings. The Morgan fingerprint density at radius 1 is 1.41 bits per heavy atom. The van der Waals surface area contributed by atoms with Crippen LogP contribution in [0.15, 0.2) is 29.8 Å². The van der Waals surface area contributed by atoms with Gasteiger partial charge in [0, 0.05) is 38.4 Å². The van der Waals surface area contributed by atoms with E-state index in [1.165, 1.54) is 0 Å². The number of amides is 1. The topological polar surface area (TPSA) is 41.5 Å². The second-order valence-electron chi connectivity index (χ2n) is 2.33. The van der Waals surface area contributed by atoms with Crippen molar-refractivity contribution in [3.8, 4) is 0 Å². The van der Waals surface area contributed by atoms with Crippen LogP contribution in [0.1, 0.15) is 19.4 Å². The van der Waals surface area contributed by atoms with Gasteiger partial charge in [-0.3, -0.25) is 4.99 Å². The van der Waals surface area contributed by atoms with E-state index < -0.39 is 0 Å². The number of hydrogen-bond acceptors (Lipinski definition) is 2. The standard InChI is InChI=1S/C10H9N2O.C2H6.CH3.Y/c1-3-8-5-4-6-9(12-7-13)10(8)11-2;1-2;;/h3-6H,1-2H2,(H,12,13);1-2H3;1H3;/q-1;;-1;. The molecular formula is C13H18N2OY-2. The van der Waals surface area contributed by atoms with Gasteiger partial charge in [0.15, 0.2) is 0 Å². The molecule has 0 atom stereocenters. The van der Waals surface area contributed by atoms with Crippen molar-refractivity contribution in [2.24, 2.45) is 4.99 Å². The first-order chi connectivity index (χ1) is 7.33. The predicted molar refractivity (Wildman–Crippen MR) is 72.8 cm³/mol. The molecule has 3 nitrogen and oxygen atoms in total. The van der Waals surface area contributed by atoms with Crippen LogP contribution in [0.25, 0.3) is 6.08 Å². The maximum atomic E-state index is 10.1. The van der Waals surface area contributed by atoms with Gasteiger partial charge < -0.3 is 17.5 Å². The van der Waals surface area contributed by atoms with Crippen molar-refractivity contribution < 1.29 is 37.5 Å². The van der Waals surface area contributed by atoms with Crippen molar-refractivity contribution in [2.45, 2.75) is 13.8 Å². The van der Waals surface area contributed by atoms with Gasteiger partial charge in [0.25, 0.3) is 0 Å². The molecule has 17 heavy (non-hydrogen) atoms. The first-order valence-corrected chi connectivity index (χ1v) is 4.68. The number of para-hydroxylation sites is 1. The Kier molecular flexibility index (Phi) is 16.8. The van der Waals surface area contributed by atoms with Gasteiger partial charge in [0.05, 0.1) is 6.41 Å². The zero-order valence-electron chi connectivity index (χ0n) is 10.7. The second kappa shape index (κ2) is 13.3. The number of anilines is 1. The molecule has 91 valence electrons. The molecular weight excluding hydrogens is 289 g/mol. The van der Waals surface area contributed by atoms with Crippen molar-refractivity contribution >= 4 is 30.6 Å². The smallest absolute Gasteiger partial charge is 0.0693 e. The number of hydrogen-bond donors (Lipinski definition) is 1. The van der Waals surface area contributed by atoms with Gasteiger partial charge in [-0.2, -0.15) is 0 Å². The third-order valence-electron chi connectivity index (χ3n) is 1.63. The molecule has 0 aliphatic carbocycles. The normalized spacial score (nSPS) is 7.18. The molecule has 0 spiro atoms. The third kappa shape index (κ3) is 6.49. The number of aliphatic imine (C=N–C) groups is 1. The van der Waals surface area contributed by atoms with E-state index in [1.54, 1.807) is 24.6 Å². The van der Waals surface area contributed by atoms with E-state index in [-0.39, 0.29) is 40.1 Å². The van der Waals surface area contributed by atoms with Gasteiger partial charge in [-0.15, -0.1) is 6.07 Å². The zero-order chi connectivity index (χ0) is 11.7. The van der Waals surface area contributed by atoms with E-state index in [1.807, 2.05) is 19.9 Å². The fourth-order valence-electron chi connectivity index (χ4n) is 1.06. The van der Waals surface area contributed by atoms with Gasteiger partial charge in [-0.05, 0) is 12.3 Å². The average molecular weight is 307 g/mol. The van der Waals surface area contributed by atoms with Crippen molar-refractivity contribution in [1.29, 1.82) is 0 Å². The Labute approximate surface area is 129 Å². The summed E-state index contributed by atoms with van der Waals surface area (Å²) in [4.78, 5) is 13.9. The van der Waals surface area contributed by atoms with Crippen LogP contribution in [-0.2, 0) is 37.5 Å².